The van der Waals surface area contributed by atoms with Crippen molar-refractivity contribution >= 4 is 23.2 Å². The topological polar surface area (TPSA) is 41.6 Å². The van der Waals surface area contributed by atoms with Crippen LogP contribution in [0, 0.1) is 22.2 Å². The molecule has 0 aliphatic heterocycles. The molecule has 26 heavy (non-hydrogen) atoms. The van der Waals surface area contributed by atoms with Gasteiger partial charge in [-0.3, -0.25) is 0 Å². The van der Waals surface area contributed by atoms with E-state index in [1.54, 1.807) is 6.20 Å². The van der Waals surface area contributed by atoms with E-state index in [1.807, 2.05) is 0 Å². The third kappa shape index (κ3) is 2.69. The summed E-state index contributed by atoms with van der Waals surface area (Å²) in [6.45, 7) is 8.42. The van der Waals surface area contributed by atoms with Crippen LogP contribution in [0.15, 0.2) is 18.3 Å². The lowest BCUT2D eigenvalue weighted by atomic mass is 10.0. The number of hydrogen-bond donors (Lipinski definition) is 0. The monoisotopic (exact) mass is 401 g/mol. The fraction of sp³-hybridized carbons (Fsp3) is 0.444. The van der Waals surface area contributed by atoms with E-state index in [-0.39, 0.29) is 38.2 Å². The maximum Gasteiger partial charge on any atom is 0.416 e. The van der Waals surface area contributed by atoms with Crippen LogP contribution in [0.2, 0.25) is 10.0 Å². The molecular weight excluding hydrogens is 386 g/mol. The van der Waals surface area contributed by atoms with Gasteiger partial charge in [0, 0.05) is 11.8 Å². The molecule has 0 radical (unpaired) electrons. The second kappa shape index (κ2) is 5.64. The maximum absolute atomic E-state index is 12.9. The first-order valence-electron chi connectivity index (χ1n) is 7.88. The summed E-state index contributed by atoms with van der Waals surface area (Å²) >= 11 is 12.1. The van der Waals surface area contributed by atoms with E-state index in [1.165, 1.54) is 4.68 Å². The second-order valence-corrected chi connectivity index (χ2v) is 8.47. The molecule has 0 spiro atoms. The Bertz CT molecular complexity index is 899. The van der Waals surface area contributed by atoms with Crippen molar-refractivity contribution in [2.75, 3.05) is 0 Å². The molecule has 1 aromatic carbocycles. The van der Waals surface area contributed by atoms with Crippen LogP contribution in [0.3, 0.4) is 0 Å². The highest BCUT2D eigenvalue weighted by atomic mass is 35.5. The van der Waals surface area contributed by atoms with Crippen LogP contribution < -0.4 is 0 Å². The number of benzene rings is 1. The van der Waals surface area contributed by atoms with E-state index in [2.05, 4.69) is 38.9 Å². The van der Waals surface area contributed by atoms with Crippen LogP contribution in [0.5, 0.6) is 0 Å². The number of rotatable bonds is 2. The molecule has 8 heteroatoms. The average Bonchev–Trinajstić information content (AvgIpc) is 2.79. The van der Waals surface area contributed by atoms with Crippen molar-refractivity contribution < 1.29 is 13.2 Å². The van der Waals surface area contributed by atoms with Crippen molar-refractivity contribution in [1.82, 2.24) is 9.78 Å². The first kappa shape index (κ1) is 19.1. The van der Waals surface area contributed by atoms with Gasteiger partial charge < -0.3 is 0 Å². The third-order valence-corrected chi connectivity index (χ3v) is 6.33. The molecule has 1 aliphatic carbocycles. The Balaban J connectivity index is 2.12. The van der Waals surface area contributed by atoms with Crippen LogP contribution in [0.25, 0.3) is 5.69 Å². The Kier molecular flexibility index (Phi) is 4.14. The first-order chi connectivity index (χ1) is 11.8. The Labute approximate surface area is 159 Å². The Morgan fingerprint density at radius 1 is 1.12 bits per heavy atom. The van der Waals surface area contributed by atoms with Crippen molar-refractivity contribution in [3.8, 4) is 11.8 Å². The highest BCUT2D eigenvalue weighted by molar-refractivity contribution is 6.37. The first-order valence-corrected chi connectivity index (χ1v) is 8.64. The fourth-order valence-electron chi connectivity index (χ4n) is 3.72. The van der Waals surface area contributed by atoms with Crippen LogP contribution in [-0.2, 0) is 6.18 Å². The van der Waals surface area contributed by atoms with Crippen molar-refractivity contribution in [2.45, 2.75) is 39.8 Å². The van der Waals surface area contributed by atoms with E-state index in [4.69, 9.17) is 23.2 Å². The standard InChI is InChI=1S/C18H16Cl2F3N3/c1-16(2)15(17(16,3)4)10-8-26(25-13(10)7-24)14-11(19)5-9(6-12(14)20)18(21,22)23/h5-6,8,15H,1-4H3. The van der Waals surface area contributed by atoms with Crippen molar-refractivity contribution in [3.63, 3.8) is 0 Å². The van der Waals surface area contributed by atoms with Crippen LogP contribution in [0.1, 0.15) is 50.4 Å². The molecule has 1 aliphatic rings. The minimum atomic E-state index is -4.55. The van der Waals surface area contributed by atoms with E-state index < -0.39 is 11.7 Å². The summed E-state index contributed by atoms with van der Waals surface area (Å²) in [7, 11) is 0. The predicted molar refractivity (Wildman–Crippen MR) is 93.6 cm³/mol. The third-order valence-electron chi connectivity index (χ3n) is 5.75. The van der Waals surface area contributed by atoms with Gasteiger partial charge in [-0.1, -0.05) is 50.9 Å². The smallest absolute Gasteiger partial charge is 0.236 e. The molecule has 3 rings (SSSR count). The fourth-order valence-corrected chi connectivity index (χ4v) is 4.38. The number of nitrogens with zero attached hydrogens (tertiary/aromatic N) is 3. The van der Waals surface area contributed by atoms with Gasteiger partial charge in [0.25, 0.3) is 0 Å². The van der Waals surface area contributed by atoms with Gasteiger partial charge in [0.15, 0.2) is 5.69 Å². The summed E-state index contributed by atoms with van der Waals surface area (Å²) in [6, 6.07) is 3.67. The summed E-state index contributed by atoms with van der Waals surface area (Å²) in [5.41, 5.74) is 0.101. The molecule has 0 amide bonds. The van der Waals surface area contributed by atoms with E-state index in [9.17, 15) is 18.4 Å². The SMILES string of the molecule is CC1(C)C(c2cn(-c3c(Cl)cc(C(F)(F)F)cc3Cl)nc2C#N)C1(C)C. The van der Waals surface area contributed by atoms with Gasteiger partial charge in [-0.05, 0) is 28.9 Å². The van der Waals surface area contributed by atoms with E-state index >= 15 is 0 Å². The molecule has 138 valence electrons. The zero-order chi connectivity index (χ0) is 19.7. The van der Waals surface area contributed by atoms with Gasteiger partial charge in [0.2, 0.25) is 0 Å². The molecule has 2 aromatic rings. The summed E-state index contributed by atoms with van der Waals surface area (Å²) in [4.78, 5) is 0. The molecule has 1 saturated carbocycles. The lowest BCUT2D eigenvalue weighted by molar-refractivity contribution is -0.137. The van der Waals surface area contributed by atoms with Gasteiger partial charge in [-0.25, -0.2) is 4.68 Å². The number of hydrogen-bond acceptors (Lipinski definition) is 2. The van der Waals surface area contributed by atoms with Gasteiger partial charge in [-0.2, -0.15) is 23.5 Å². The summed E-state index contributed by atoms with van der Waals surface area (Å²) in [5.74, 6) is 0.102. The summed E-state index contributed by atoms with van der Waals surface area (Å²) in [5, 5.41) is 13.3. The molecule has 0 bridgehead atoms. The van der Waals surface area contributed by atoms with Crippen molar-refractivity contribution in [2.24, 2.45) is 10.8 Å². The molecular formula is C18H16Cl2F3N3. The highest BCUT2D eigenvalue weighted by Gasteiger charge is 2.66. The summed E-state index contributed by atoms with van der Waals surface area (Å²) in [6.07, 6.45) is -2.92. The lowest BCUT2D eigenvalue weighted by Crippen LogP contribution is -2.07. The van der Waals surface area contributed by atoms with Gasteiger partial charge in [0.1, 0.15) is 11.8 Å². The van der Waals surface area contributed by atoms with Crippen molar-refractivity contribution in [1.29, 1.82) is 5.26 Å². The zero-order valence-corrected chi connectivity index (χ0v) is 16.1. The molecule has 1 fully saturated rings. The number of alkyl halides is 3. The summed E-state index contributed by atoms with van der Waals surface area (Å²) < 4.78 is 40.0. The molecule has 0 unspecified atom stereocenters. The molecule has 0 saturated heterocycles. The van der Waals surface area contributed by atoms with Gasteiger partial charge in [0.05, 0.1) is 15.6 Å². The van der Waals surface area contributed by atoms with Crippen LogP contribution >= 0.6 is 23.2 Å². The van der Waals surface area contributed by atoms with Crippen molar-refractivity contribution in [3.05, 3.63) is 45.2 Å². The van der Waals surface area contributed by atoms with Gasteiger partial charge >= 0.3 is 6.18 Å². The number of halogens is 5. The average molecular weight is 402 g/mol. The molecule has 1 heterocycles. The molecule has 0 N–H and O–H groups in total. The minimum Gasteiger partial charge on any atom is -0.236 e. The zero-order valence-electron chi connectivity index (χ0n) is 14.5. The Hall–Kier alpha value is -1.71. The van der Waals surface area contributed by atoms with Crippen LogP contribution in [-0.4, -0.2) is 9.78 Å². The largest absolute Gasteiger partial charge is 0.416 e. The Morgan fingerprint density at radius 3 is 2.00 bits per heavy atom. The number of aromatic nitrogens is 2. The minimum absolute atomic E-state index is 0.0276. The Morgan fingerprint density at radius 2 is 1.62 bits per heavy atom. The highest BCUT2D eigenvalue weighted by Crippen LogP contribution is 2.73. The van der Waals surface area contributed by atoms with E-state index in [0.717, 1.165) is 17.7 Å². The normalized spacial score (nSPS) is 18.6. The van der Waals surface area contributed by atoms with Crippen LogP contribution in [0.4, 0.5) is 13.2 Å². The molecule has 0 atom stereocenters. The predicted octanol–water partition coefficient (Wildman–Crippen LogP) is 6.22. The number of nitriles is 1. The molecule has 1 aromatic heterocycles. The lowest BCUT2D eigenvalue weighted by Gasteiger charge is -2.12. The quantitative estimate of drug-likeness (QED) is 0.599. The maximum atomic E-state index is 12.9. The van der Waals surface area contributed by atoms with Gasteiger partial charge in [-0.15, -0.1) is 0 Å². The second-order valence-electron chi connectivity index (χ2n) is 7.65. The van der Waals surface area contributed by atoms with E-state index in [0.29, 0.717) is 0 Å². The molecule has 3 nitrogen and oxygen atoms in total.